The number of ether oxygens (including phenoxy) is 1. The molecule has 0 bridgehead atoms. The molecule has 0 aliphatic carbocycles. The topological polar surface area (TPSA) is 74.8 Å². The number of rotatable bonds is 9. The summed E-state index contributed by atoms with van der Waals surface area (Å²) in [6, 6.07) is 6.38. The van der Waals surface area contributed by atoms with Crippen molar-refractivity contribution < 1.29 is 22.7 Å². The van der Waals surface area contributed by atoms with E-state index >= 15 is 0 Å². The zero-order chi connectivity index (χ0) is 20.3. The summed E-state index contributed by atoms with van der Waals surface area (Å²) in [5.74, 6) is 0.677. The molecule has 9 heteroatoms. The molecule has 0 atom stereocenters. The smallest absolute Gasteiger partial charge is 0.422 e. The van der Waals surface area contributed by atoms with Crippen LogP contribution in [0.3, 0.4) is 0 Å². The van der Waals surface area contributed by atoms with Gasteiger partial charge in [-0.05, 0) is 38.5 Å². The Balaban J connectivity index is 2.50. The summed E-state index contributed by atoms with van der Waals surface area (Å²) in [6.45, 7) is 5.85. The highest BCUT2D eigenvalue weighted by Crippen LogP contribution is 2.19. The Bertz CT molecular complexity index is 602. The van der Waals surface area contributed by atoms with Crippen molar-refractivity contribution in [3.63, 3.8) is 0 Å². The number of alkyl halides is 3. The number of benzene rings is 1. The van der Waals surface area contributed by atoms with Gasteiger partial charge in [0.25, 0.3) is 0 Å². The van der Waals surface area contributed by atoms with Gasteiger partial charge >= 0.3 is 6.18 Å². The number of hydrogen-bond acceptors (Lipinski definition) is 3. The Morgan fingerprint density at radius 1 is 1.19 bits per heavy atom. The molecule has 0 unspecified atom stereocenters. The summed E-state index contributed by atoms with van der Waals surface area (Å²) >= 11 is 0. The van der Waals surface area contributed by atoms with E-state index in [2.05, 4.69) is 25.7 Å². The van der Waals surface area contributed by atoms with Crippen LogP contribution in [-0.2, 0) is 11.3 Å². The maximum Gasteiger partial charge on any atom is 0.422 e. The van der Waals surface area contributed by atoms with E-state index in [-0.39, 0.29) is 17.7 Å². The van der Waals surface area contributed by atoms with Crippen LogP contribution in [0.5, 0.6) is 5.75 Å². The van der Waals surface area contributed by atoms with Crippen LogP contribution in [0.2, 0.25) is 0 Å². The molecule has 1 amide bonds. The van der Waals surface area contributed by atoms with Crippen LogP contribution in [0.4, 0.5) is 13.2 Å². The quantitative estimate of drug-likeness (QED) is 0.449. The van der Waals surface area contributed by atoms with Crippen molar-refractivity contribution in [1.82, 2.24) is 16.0 Å². The minimum atomic E-state index is -4.36. The van der Waals surface area contributed by atoms with Crippen LogP contribution < -0.4 is 20.7 Å². The minimum Gasteiger partial charge on any atom is -0.484 e. The van der Waals surface area contributed by atoms with Gasteiger partial charge in [-0.25, -0.2) is 4.99 Å². The fraction of sp³-hybridized carbons (Fsp3) is 0.556. The van der Waals surface area contributed by atoms with Crippen molar-refractivity contribution in [2.24, 2.45) is 4.99 Å². The summed E-state index contributed by atoms with van der Waals surface area (Å²) in [4.78, 5) is 16.0. The van der Waals surface area contributed by atoms with Crippen LogP contribution >= 0.6 is 0 Å². The van der Waals surface area contributed by atoms with Crippen molar-refractivity contribution in [2.75, 3.05) is 19.7 Å². The van der Waals surface area contributed by atoms with E-state index in [1.165, 1.54) is 12.1 Å². The molecule has 0 aromatic heterocycles. The first-order valence-corrected chi connectivity index (χ1v) is 8.79. The van der Waals surface area contributed by atoms with E-state index < -0.39 is 12.8 Å². The zero-order valence-electron chi connectivity index (χ0n) is 15.8. The first kappa shape index (κ1) is 22.6. The van der Waals surface area contributed by atoms with Gasteiger partial charge in [-0.15, -0.1) is 0 Å². The number of amides is 1. The summed E-state index contributed by atoms with van der Waals surface area (Å²) in [5.41, 5.74) is 0.823. The van der Waals surface area contributed by atoms with Crippen molar-refractivity contribution in [2.45, 2.75) is 46.0 Å². The van der Waals surface area contributed by atoms with Crippen molar-refractivity contribution in [3.05, 3.63) is 29.8 Å². The number of carbonyl (C=O) groups excluding carboxylic acids is 1. The summed E-state index contributed by atoms with van der Waals surface area (Å²) in [7, 11) is 0. The summed E-state index contributed by atoms with van der Waals surface area (Å²) in [5, 5.41) is 8.95. The molecule has 3 N–H and O–H groups in total. The standard InChI is InChI=1S/C18H27F3N4O2/c1-4-22-17(23-10-9-16(26)25-13(2)3)24-11-14-5-7-15(8-6-14)27-12-18(19,20)21/h5-8,13H,4,9-12H2,1-3H3,(H,25,26)(H2,22,23,24). The second kappa shape index (κ2) is 11.3. The molecule has 0 saturated heterocycles. The zero-order valence-corrected chi connectivity index (χ0v) is 15.8. The van der Waals surface area contributed by atoms with Gasteiger partial charge in [0, 0.05) is 25.6 Å². The van der Waals surface area contributed by atoms with Gasteiger partial charge in [0.1, 0.15) is 5.75 Å². The van der Waals surface area contributed by atoms with E-state index in [4.69, 9.17) is 0 Å². The second-order valence-corrected chi connectivity index (χ2v) is 6.14. The highest BCUT2D eigenvalue weighted by molar-refractivity contribution is 5.81. The lowest BCUT2D eigenvalue weighted by Gasteiger charge is -2.12. The Morgan fingerprint density at radius 2 is 1.85 bits per heavy atom. The maximum atomic E-state index is 12.1. The van der Waals surface area contributed by atoms with Crippen molar-refractivity contribution in [1.29, 1.82) is 0 Å². The fourth-order valence-corrected chi connectivity index (χ4v) is 2.06. The van der Waals surface area contributed by atoms with E-state index in [9.17, 15) is 18.0 Å². The third-order valence-corrected chi connectivity index (χ3v) is 3.18. The van der Waals surface area contributed by atoms with Crippen LogP contribution in [0.25, 0.3) is 0 Å². The Hall–Kier alpha value is -2.45. The highest BCUT2D eigenvalue weighted by Gasteiger charge is 2.28. The molecule has 0 aliphatic rings. The summed E-state index contributed by atoms with van der Waals surface area (Å²) in [6.07, 6.45) is -4.03. The lowest BCUT2D eigenvalue weighted by atomic mass is 10.2. The molecule has 152 valence electrons. The predicted octanol–water partition coefficient (Wildman–Crippen LogP) is 2.60. The number of carbonyl (C=O) groups is 1. The molecule has 0 spiro atoms. The van der Waals surface area contributed by atoms with E-state index in [0.29, 0.717) is 32.0 Å². The first-order valence-electron chi connectivity index (χ1n) is 8.79. The minimum absolute atomic E-state index is 0.0391. The number of hydrogen-bond donors (Lipinski definition) is 3. The predicted molar refractivity (Wildman–Crippen MR) is 98.7 cm³/mol. The van der Waals surface area contributed by atoms with Gasteiger partial charge in [-0.3, -0.25) is 4.79 Å². The lowest BCUT2D eigenvalue weighted by molar-refractivity contribution is -0.153. The molecule has 1 aromatic rings. The van der Waals surface area contributed by atoms with Gasteiger partial charge in [0.2, 0.25) is 5.91 Å². The van der Waals surface area contributed by atoms with Crippen molar-refractivity contribution in [3.8, 4) is 5.75 Å². The maximum absolute atomic E-state index is 12.1. The lowest BCUT2D eigenvalue weighted by Crippen LogP contribution is -2.40. The molecule has 1 rings (SSSR count). The Kier molecular flexibility index (Phi) is 9.46. The second-order valence-electron chi connectivity index (χ2n) is 6.14. The molecule has 0 aliphatic heterocycles. The third-order valence-electron chi connectivity index (χ3n) is 3.18. The first-order chi connectivity index (χ1) is 12.7. The van der Waals surface area contributed by atoms with Gasteiger partial charge < -0.3 is 20.7 Å². The third kappa shape index (κ3) is 11.0. The van der Waals surface area contributed by atoms with Gasteiger partial charge in [-0.2, -0.15) is 13.2 Å². The van der Waals surface area contributed by atoms with E-state index in [1.807, 2.05) is 20.8 Å². The molecular formula is C18H27F3N4O2. The van der Waals surface area contributed by atoms with Gasteiger partial charge in [0.05, 0.1) is 6.54 Å². The van der Waals surface area contributed by atoms with E-state index in [0.717, 1.165) is 5.56 Å². The molecule has 0 heterocycles. The number of aliphatic imine (C=N–C) groups is 1. The molecule has 1 aromatic carbocycles. The summed E-state index contributed by atoms with van der Waals surface area (Å²) < 4.78 is 41.1. The molecule has 0 saturated carbocycles. The van der Waals surface area contributed by atoms with Gasteiger partial charge in [0.15, 0.2) is 12.6 Å². The van der Waals surface area contributed by atoms with Crippen LogP contribution in [0.15, 0.2) is 29.3 Å². The van der Waals surface area contributed by atoms with E-state index in [1.54, 1.807) is 12.1 Å². The average Bonchev–Trinajstić information content (AvgIpc) is 2.57. The number of halogens is 3. The number of guanidine groups is 1. The fourth-order valence-electron chi connectivity index (χ4n) is 2.06. The number of nitrogens with one attached hydrogen (secondary N) is 3. The molecular weight excluding hydrogens is 361 g/mol. The monoisotopic (exact) mass is 388 g/mol. The highest BCUT2D eigenvalue weighted by atomic mass is 19.4. The molecule has 0 fully saturated rings. The Labute approximate surface area is 157 Å². The van der Waals surface area contributed by atoms with Gasteiger partial charge in [-0.1, -0.05) is 12.1 Å². The van der Waals surface area contributed by atoms with Crippen molar-refractivity contribution >= 4 is 11.9 Å². The molecule has 0 radical (unpaired) electrons. The normalized spacial score (nSPS) is 12.0. The number of nitrogens with zero attached hydrogens (tertiary/aromatic N) is 1. The van der Waals surface area contributed by atoms with Crippen LogP contribution in [0.1, 0.15) is 32.8 Å². The molecule has 6 nitrogen and oxygen atoms in total. The van der Waals surface area contributed by atoms with Crippen LogP contribution in [-0.4, -0.2) is 43.8 Å². The SMILES string of the molecule is CCNC(=NCc1ccc(OCC(F)(F)F)cc1)NCCC(=O)NC(C)C. The van der Waals surface area contributed by atoms with Crippen LogP contribution in [0, 0.1) is 0 Å². The largest absolute Gasteiger partial charge is 0.484 e. The average molecular weight is 388 g/mol. The Morgan fingerprint density at radius 3 is 2.41 bits per heavy atom. The molecule has 27 heavy (non-hydrogen) atoms.